The second kappa shape index (κ2) is 8.98. The Bertz CT molecular complexity index is 1180. The molecular weight excluding hydrogens is 406 g/mol. The first-order valence-corrected chi connectivity index (χ1v) is 9.48. The lowest BCUT2D eigenvalue weighted by Crippen LogP contribution is -2.03. The summed E-state index contributed by atoms with van der Waals surface area (Å²) in [6, 6.07) is 13.1. The zero-order valence-electron chi connectivity index (χ0n) is 16.0. The van der Waals surface area contributed by atoms with E-state index >= 15 is 0 Å². The number of hydrogen-bond donors (Lipinski definition) is 0. The number of hydrogen-bond acceptors (Lipinski definition) is 8. The van der Waals surface area contributed by atoms with Crippen molar-refractivity contribution in [2.45, 2.75) is 6.92 Å². The maximum atomic E-state index is 11.2. The normalized spacial score (nSPS) is 10.9. The van der Waals surface area contributed by atoms with E-state index < -0.39 is 10.9 Å². The third kappa shape index (κ3) is 4.68. The van der Waals surface area contributed by atoms with Crippen molar-refractivity contribution >= 4 is 34.6 Å². The van der Waals surface area contributed by atoms with Gasteiger partial charge >= 0.3 is 5.97 Å². The SMILES string of the molecule is COc1cc(C=C(C#N)c2nc(-c3ccc([N+](=O)[O-])cc3)cs2)ccc1OC(C)=O. The maximum absolute atomic E-state index is 11.2. The Morgan fingerprint density at radius 1 is 1.23 bits per heavy atom. The van der Waals surface area contributed by atoms with Gasteiger partial charge in [-0.25, -0.2) is 4.98 Å². The third-order valence-electron chi connectivity index (χ3n) is 3.98. The summed E-state index contributed by atoms with van der Waals surface area (Å²) in [4.78, 5) is 26.0. The molecule has 0 saturated carbocycles. The monoisotopic (exact) mass is 421 g/mol. The fourth-order valence-corrected chi connectivity index (χ4v) is 3.40. The molecule has 0 amide bonds. The second-order valence-electron chi connectivity index (χ2n) is 6.02. The molecule has 0 spiro atoms. The highest BCUT2D eigenvalue weighted by atomic mass is 32.1. The molecular formula is C21H15N3O5S. The van der Waals surface area contributed by atoms with Crippen LogP contribution >= 0.6 is 11.3 Å². The highest BCUT2D eigenvalue weighted by Gasteiger charge is 2.12. The smallest absolute Gasteiger partial charge is 0.308 e. The molecule has 0 aliphatic heterocycles. The number of benzene rings is 2. The molecule has 2 aromatic carbocycles. The average Bonchev–Trinajstić information content (AvgIpc) is 3.22. The lowest BCUT2D eigenvalue weighted by Gasteiger charge is -2.08. The number of esters is 1. The predicted octanol–water partition coefficient (Wildman–Crippen LogP) is 4.72. The largest absolute Gasteiger partial charge is 0.493 e. The van der Waals surface area contributed by atoms with Gasteiger partial charge in [0.2, 0.25) is 0 Å². The molecule has 0 fully saturated rings. The minimum absolute atomic E-state index is 0.00189. The van der Waals surface area contributed by atoms with Crippen molar-refractivity contribution in [3.8, 4) is 28.8 Å². The molecule has 0 saturated heterocycles. The van der Waals surface area contributed by atoms with Crippen LogP contribution in [0.15, 0.2) is 47.8 Å². The number of allylic oxidation sites excluding steroid dienone is 1. The highest BCUT2D eigenvalue weighted by Crippen LogP contribution is 2.31. The first-order chi connectivity index (χ1) is 14.4. The van der Waals surface area contributed by atoms with Gasteiger partial charge in [-0.15, -0.1) is 11.3 Å². The van der Waals surface area contributed by atoms with Crippen LogP contribution in [0, 0.1) is 21.4 Å². The zero-order valence-corrected chi connectivity index (χ0v) is 16.8. The number of thiazole rings is 1. The Hall–Kier alpha value is -4.03. The summed E-state index contributed by atoms with van der Waals surface area (Å²) < 4.78 is 10.3. The second-order valence-corrected chi connectivity index (χ2v) is 6.87. The van der Waals surface area contributed by atoms with Gasteiger partial charge in [0.15, 0.2) is 11.5 Å². The standard InChI is InChI=1S/C21H15N3O5S/c1-13(25)29-19-8-3-14(10-20(19)28-2)9-16(11-22)21-23-18(12-30-21)15-4-6-17(7-5-15)24(26)27/h3-10,12H,1-2H3. The van der Waals surface area contributed by atoms with E-state index in [2.05, 4.69) is 11.1 Å². The molecule has 0 atom stereocenters. The Morgan fingerprint density at radius 2 is 1.97 bits per heavy atom. The topological polar surface area (TPSA) is 115 Å². The van der Waals surface area contributed by atoms with Crippen LogP contribution < -0.4 is 9.47 Å². The number of carbonyl (C=O) groups excluding carboxylic acids is 1. The minimum atomic E-state index is -0.465. The van der Waals surface area contributed by atoms with Crippen LogP contribution in [0.2, 0.25) is 0 Å². The quantitative estimate of drug-likeness (QED) is 0.186. The number of nitrogens with zero attached hydrogens (tertiary/aromatic N) is 3. The molecule has 9 heteroatoms. The summed E-state index contributed by atoms with van der Waals surface area (Å²) in [5.74, 6) is 0.188. The molecule has 8 nitrogen and oxygen atoms in total. The van der Waals surface area contributed by atoms with E-state index in [9.17, 15) is 20.2 Å². The van der Waals surface area contributed by atoms with Crippen LogP contribution in [0.4, 0.5) is 5.69 Å². The molecule has 30 heavy (non-hydrogen) atoms. The van der Waals surface area contributed by atoms with Crippen molar-refractivity contribution in [3.63, 3.8) is 0 Å². The third-order valence-corrected chi connectivity index (χ3v) is 4.86. The van der Waals surface area contributed by atoms with Gasteiger partial charge in [0, 0.05) is 30.0 Å². The highest BCUT2D eigenvalue weighted by molar-refractivity contribution is 7.11. The van der Waals surface area contributed by atoms with Gasteiger partial charge < -0.3 is 9.47 Å². The number of methoxy groups -OCH3 is 1. The Kier molecular flexibility index (Phi) is 6.20. The fraction of sp³-hybridized carbons (Fsp3) is 0.0952. The molecule has 0 radical (unpaired) electrons. The van der Waals surface area contributed by atoms with Gasteiger partial charge in [-0.1, -0.05) is 6.07 Å². The van der Waals surface area contributed by atoms with E-state index in [4.69, 9.17) is 9.47 Å². The molecule has 0 bridgehead atoms. The van der Waals surface area contributed by atoms with E-state index in [-0.39, 0.29) is 11.4 Å². The Balaban J connectivity index is 1.89. The zero-order chi connectivity index (χ0) is 21.7. The van der Waals surface area contributed by atoms with Crippen molar-refractivity contribution in [2.24, 2.45) is 0 Å². The van der Waals surface area contributed by atoms with Crippen LogP contribution in [0.1, 0.15) is 17.5 Å². The first kappa shape index (κ1) is 20.7. The number of nitro groups is 1. The van der Waals surface area contributed by atoms with Gasteiger partial charge in [-0.05, 0) is 35.9 Å². The van der Waals surface area contributed by atoms with E-state index in [1.54, 1.807) is 41.8 Å². The summed E-state index contributed by atoms with van der Waals surface area (Å²) in [7, 11) is 1.46. The molecule has 0 N–H and O–H groups in total. The fourth-order valence-electron chi connectivity index (χ4n) is 2.61. The number of aromatic nitrogens is 1. The molecule has 3 aromatic rings. The summed E-state index contributed by atoms with van der Waals surface area (Å²) in [5, 5.41) is 22.7. The summed E-state index contributed by atoms with van der Waals surface area (Å²) in [5.41, 5.74) is 2.35. The van der Waals surface area contributed by atoms with Gasteiger partial charge in [0.05, 0.1) is 23.3 Å². The number of ether oxygens (including phenoxy) is 2. The number of nitro benzene ring substituents is 1. The van der Waals surface area contributed by atoms with Crippen LogP contribution in [0.25, 0.3) is 22.9 Å². The van der Waals surface area contributed by atoms with E-state index in [1.165, 1.54) is 37.5 Å². The van der Waals surface area contributed by atoms with Crippen LogP contribution in [0.5, 0.6) is 11.5 Å². The Morgan fingerprint density at radius 3 is 2.57 bits per heavy atom. The molecule has 0 aliphatic rings. The van der Waals surface area contributed by atoms with Gasteiger partial charge in [-0.2, -0.15) is 5.26 Å². The molecule has 1 heterocycles. The van der Waals surface area contributed by atoms with E-state index in [0.717, 1.165) is 0 Å². The molecule has 0 aliphatic carbocycles. The first-order valence-electron chi connectivity index (χ1n) is 8.60. The molecule has 150 valence electrons. The van der Waals surface area contributed by atoms with Crippen molar-refractivity contribution < 1.29 is 19.2 Å². The predicted molar refractivity (Wildman–Crippen MR) is 112 cm³/mol. The van der Waals surface area contributed by atoms with Gasteiger partial charge in [0.25, 0.3) is 5.69 Å². The minimum Gasteiger partial charge on any atom is -0.493 e. The van der Waals surface area contributed by atoms with Crippen LogP contribution in [0.3, 0.4) is 0 Å². The van der Waals surface area contributed by atoms with Crippen LogP contribution in [-0.2, 0) is 4.79 Å². The number of carbonyl (C=O) groups is 1. The maximum Gasteiger partial charge on any atom is 0.308 e. The summed E-state index contributed by atoms with van der Waals surface area (Å²) >= 11 is 1.29. The summed E-state index contributed by atoms with van der Waals surface area (Å²) in [6.07, 6.45) is 1.65. The average molecular weight is 421 g/mol. The molecule has 3 rings (SSSR count). The van der Waals surface area contributed by atoms with E-state index in [1.807, 2.05) is 0 Å². The van der Waals surface area contributed by atoms with Gasteiger partial charge in [-0.3, -0.25) is 14.9 Å². The molecule has 1 aromatic heterocycles. The lowest BCUT2D eigenvalue weighted by molar-refractivity contribution is -0.384. The summed E-state index contributed by atoms with van der Waals surface area (Å²) in [6.45, 7) is 1.30. The number of nitriles is 1. The number of non-ortho nitro benzene ring substituents is 1. The lowest BCUT2D eigenvalue weighted by atomic mass is 10.1. The Labute approximate surface area is 175 Å². The van der Waals surface area contributed by atoms with Crippen molar-refractivity contribution in [2.75, 3.05) is 7.11 Å². The van der Waals surface area contributed by atoms with Crippen molar-refractivity contribution in [1.29, 1.82) is 5.26 Å². The molecule has 0 unspecified atom stereocenters. The number of rotatable bonds is 6. The van der Waals surface area contributed by atoms with E-state index in [0.29, 0.717) is 33.2 Å². The van der Waals surface area contributed by atoms with Gasteiger partial charge in [0.1, 0.15) is 11.1 Å². The van der Waals surface area contributed by atoms with Crippen LogP contribution in [-0.4, -0.2) is 23.0 Å². The van der Waals surface area contributed by atoms with Crippen molar-refractivity contribution in [1.82, 2.24) is 4.98 Å². The van der Waals surface area contributed by atoms with Crippen molar-refractivity contribution in [3.05, 3.63) is 68.5 Å².